The Morgan fingerprint density at radius 2 is 1.92 bits per heavy atom. The second-order valence-electron chi connectivity index (χ2n) is 6.44. The average Bonchev–Trinajstić information content (AvgIpc) is 2.57. The first-order valence-corrected chi connectivity index (χ1v) is 8.33. The maximum atomic E-state index is 12.3. The highest BCUT2D eigenvalue weighted by molar-refractivity contribution is 6.03. The molecular weight excluding hydrogens is 300 g/mol. The number of hydrogen-bond acceptors (Lipinski definition) is 4. The topological polar surface area (TPSA) is 48.5 Å². The van der Waals surface area contributed by atoms with Crippen LogP contribution in [0.1, 0.15) is 23.0 Å². The molecule has 0 radical (unpaired) electrons. The van der Waals surface area contributed by atoms with E-state index >= 15 is 0 Å². The van der Waals surface area contributed by atoms with E-state index in [1.807, 2.05) is 43.3 Å². The maximum Gasteiger partial charge on any atom is 0.256 e. The molecule has 1 atom stereocenters. The normalized spacial score (nSPS) is 18.5. The van der Waals surface area contributed by atoms with E-state index < -0.39 is 0 Å². The van der Waals surface area contributed by atoms with Crippen molar-refractivity contribution in [3.05, 3.63) is 53.7 Å². The molecule has 1 saturated heterocycles. The summed E-state index contributed by atoms with van der Waals surface area (Å²) in [5, 5.41) is 2.84. The molecule has 2 aromatic rings. The summed E-state index contributed by atoms with van der Waals surface area (Å²) >= 11 is 0. The smallest absolute Gasteiger partial charge is 0.256 e. The second-order valence-corrected chi connectivity index (χ2v) is 6.44. The summed E-state index contributed by atoms with van der Waals surface area (Å²) in [6, 6.07) is 13.9. The Morgan fingerprint density at radius 3 is 2.58 bits per heavy atom. The van der Waals surface area contributed by atoms with Crippen LogP contribution < -0.4 is 10.2 Å². The largest absolute Gasteiger partial charge is 0.369 e. The minimum absolute atomic E-state index is 0.133. The average molecular weight is 324 g/mol. The predicted octanol–water partition coefficient (Wildman–Crippen LogP) is 2.78. The van der Waals surface area contributed by atoms with Crippen molar-refractivity contribution in [3.63, 3.8) is 0 Å². The highest BCUT2D eigenvalue weighted by Crippen LogP contribution is 2.19. The van der Waals surface area contributed by atoms with Gasteiger partial charge in [-0.2, -0.15) is 0 Å². The summed E-state index contributed by atoms with van der Waals surface area (Å²) in [4.78, 5) is 21.4. The van der Waals surface area contributed by atoms with Gasteiger partial charge in [0.25, 0.3) is 5.91 Å². The molecule has 0 bridgehead atoms. The van der Waals surface area contributed by atoms with Gasteiger partial charge in [0.15, 0.2) is 0 Å². The van der Waals surface area contributed by atoms with Crippen LogP contribution in [0.2, 0.25) is 0 Å². The lowest BCUT2D eigenvalue weighted by atomic mass is 10.1. The van der Waals surface area contributed by atoms with Gasteiger partial charge in [-0.05, 0) is 57.3 Å². The Labute approximate surface area is 143 Å². The fourth-order valence-electron chi connectivity index (χ4n) is 2.91. The minimum atomic E-state index is -0.133. The Bertz CT molecular complexity index is 714. The third kappa shape index (κ3) is 3.74. The Kier molecular flexibility index (Phi) is 4.81. The first-order valence-electron chi connectivity index (χ1n) is 8.33. The molecule has 1 aromatic carbocycles. The highest BCUT2D eigenvalue weighted by atomic mass is 16.1. The number of carbonyl (C=O) groups excluding carboxylic acids is 1. The summed E-state index contributed by atoms with van der Waals surface area (Å²) in [5.74, 6) is 0.448. The fourth-order valence-corrected chi connectivity index (χ4v) is 2.91. The zero-order valence-corrected chi connectivity index (χ0v) is 14.5. The lowest BCUT2D eigenvalue weighted by Gasteiger charge is -2.39. The van der Waals surface area contributed by atoms with Crippen LogP contribution >= 0.6 is 0 Å². The quantitative estimate of drug-likeness (QED) is 0.943. The molecule has 3 rings (SSSR count). The maximum absolute atomic E-state index is 12.3. The van der Waals surface area contributed by atoms with Crippen LogP contribution in [-0.4, -0.2) is 48.5 Å². The van der Waals surface area contributed by atoms with Gasteiger partial charge in [0.05, 0.1) is 0 Å². The van der Waals surface area contributed by atoms with E-state index in [4.69, 9.17) is 0 Å². The molecule has 1 aliphatic rings. The van der Waals surface area contributed by atoms with Crippen molar-refractivity contribution >= 4 is 17.4 Å². The third-order valence-electron chi connectivity index (χ3n) is 4.58. The summed E-state index contributed by atoms with van der Waals surface area (Å²) in [7, 11) is 2.16. The van der Waals surface area contributed by atoms with Crippen LogP contribution in [0, 0.1) is 6.92 Å². The standard InChI is InChI=1S/C19H24N4O/c1-14-5-4-6-18(20-14)21-19(24)16-7-9-17(10-8-16)23-12-11-22(3)15(2)13-23/h4-10,15H,11-13H2,1-3H3,(H,20,21,24). The molecule has 1 unspecified atom stereocenters. The zero-order chi connectivity index (χ0) is 17.1. The van der Waals surface area contributed by atoms with E-state index in [1.54, 1.807) is 6.07 Å². The van der Waals surface area contributed by atoms with E-state index in [2.05, 4.69) is 34.1 Å². The van der Waals surface area contributed by atoms with Gasteiger partial charge in [-0.1, -0.05) is 6.07 Å². The van der Waals surface area contributed by atoms with Crippen molar-refractivity contribution < 1.29 is 4.79 Å². The number of nitrogens with one attached hydrogen (secondary N) is 1. The van der Waals surface area contributed by atoms with Crippen molar-refractivity contribution in [2.24, 2.45) is 0 Å². The zero-order valence-electron chi connectivity index (χ0n) is 14.5. The summed E-state index contributed by atoms with van der Waals surface area (Å²) in [5.41, 5.74) is 2.69. The number of amides is 1. The van der Waals surface area contributed by atoms with Crippen molar-refractivity contribution in [1.29, 1.82) is 0 Å². The van der Waals surface area contributed by atoms with Crippen molar-refractivity contribution in [2.45, 2.75) is 19.9 Å². The highest BCUT2D eigenvalue weighted by Gasteiger charge is 2.20. The molecule has 1 N–H and O–H groups in total. The number of nitrogens with zero attached hydrogens (tertiary/aromatic N) is 3. The minimum Gasteiger partial charge on any atom is -0.369 e. The lowest BCUT2D eigenvalue weighted by Crippen LogP contribution is -2.50. The van der Waals surface area contributed by atoms with E-state index in [-0.39, 0.29) is 5.91 Å². The second kappa shape index (κ2) is 7.01. The molecule has 0 spiro atoms. The lowest BCUT2D eigenvalue weighted by molar-refractivity contribution is 0.102. The number of benzene rings is 1. The number of piperazine rings is 1. The SMILES string of the molecule is Cc1cccc(NC(=O)c2ccc(N3CCN(C)C(C)C3)cc2)n1. The number of likely N-dealkylation sites (N-methyl/N-ethyl adjacent to an activating group) is 1. The number of pyridine rings is 1. The molecule has 2 heterocycles. The molecular formula is C19H24N4O. The summed E-state index contributed by atoms with van der Waals surface area (Å²) < 4.78 is 0. The van der Waals surface area contributed by atoms with E-state index in [1.165, 1.54) is 5.69 Å². The third-order valence-corrected chi connectivity index (χ3v) is 4.58. The van der Waals surface area contributed by atoms with Crippen LogP contribution in [0.15, 0.2) is 42.5 Å². The van der Waals surface area contributed by atoms with Gasteiger partial charge in [-0.15, -0.1) is 0 Å². The van der Waals surface area contributed by atoms with Crippen LogP contribution in [0.5, 0.6) is 0 Å². The number of carbonyl (C=O) groups is 1. The summed E-state index contributed by atoms with van der Waals surface area (Å²) in [6.07, 6.45) is 0. The van der Waals surface area contributed by atoms with Crippen molar-refractivity contribution in [1.82, 2.24) is 9.88 Å². The van der Waals surface area contributed by atoms with Gasteiger partial charge in [0, 0.05) is 42.6 Å². The van der Waals surface area contributed by atoms with Crippen LogP contribution in [-0.2, 0) is 0 Å². The van der Waals surface area contributed by atoms with Gasteiger partial charge >= 0.3 is 0 Å². The van der Waals surface area contributed by atoms with Crippen LogP contribution in [0.3, 0.4) is 0 Å². The van der Waals surface area contributed by atoms with Crippen LogP contribution in [0.25, 0.3) is 0 Å². The van der Waals surface area contributed by atoms with Gasteiger partial charge in [0.1, 0.15) is 5.82 Å². The Hall–Kier alpha value is -2.40. The number of hydrogen-bond donors (Lipinski definition) is 1. The molecule has 5 nitrogen and oxygen atoms in total. The van der Waals surface area contributed by atoms with Gasteiger partial charge in [-0.25, -0.2) is 4.98 Å². The first kappa shape index (κ1) is 16.5. The summed E-state index contributed by atoms with van der Waals surface area (Å²) in [6.45, 7) is 7.22. The number of aromatic nitrogens is 1. The van der Waals surface area contributed by atoms with Crippen LogP contribution in [0.4, 0.5) is 11.5 Å². The molecule has 0 aliphatic carbocycles. The molecule has 1 aromatic heterocycles. The molecule has 126 valence electrons. The van der Waals surface area contributed by atoms with E-state index in [9.17, 15) is 4.79 Å². The molecule has 0 saturated carbocycles. The fraction of sp³-hybridized carbons (Fsp3) is 0.368. The Morgan fingerprint density at radius 1 is 1.17 bits per heavy atom. The molecule has 24 heavy (non-hydrogen) atoms. The van der Waals surface area contributed by atoms with E-state index in [0.29, 0.717) is 17.4 Å². The van der Waals surface area contributed by atoms with Crippen molar-refractivity contribution in [2.75, 3.05) is 36.9 Å². The predicted molar refractivity (Wildman–Crippen MR) is 97.7 cm³/mol. The number of rotatable bonds is 3. The van der Waals surface area contributed by atoms with E-state index in [0.717, 1.165) is 25.3 Å². The molecule has 5 heteroatoms. The number of aryl methyl sites for hydroxylation is 1. The monoisotopic (exact) mass is 324 g/mol. The molecule has 1 fully saturated rings. The van der Waals surface area contributed by atoms with Gasteiger partial charge < -0.3 is 15.1 Å². The van der Waals surface area contributed by atoms with Gasteiger partial charge in [0.2, 0.25) is 0 Å². The Balaban J connectivity index is 1.67. The van der Waals surface area contributed by atoms with Crippen molar-refractivity contribution in [3.8, 4) is 0 Å². The number of anilines is 2. The first-order chi connectivity index (χ1) is 11.5. The van der Waals surface area contributed by atoms with Gasteiger partial charge in [-0.3, -0.25) is 4.79 Å². The molecule has 1 amide bonds. The molecule has 1 aliphatic heterocycles.